The zero-order valence-corrected chi connectivity index (χ0v) is 15.6. The largest absolute Gasteiger partial charge is 0.462 e. The molecule has 0 saturated carbocycles. The Kier molecular flexibility index (Phi) is 6.11. The molecule has 4 atom stereocenters. The molecule has 0 aliphatic carbocycles. The van der Waals surface area contributed by atoms with Crippen LogP contribution in [0.4, 0.5) is 0 Å². The first-order valence-electron chi connectivity index (χ1n) is 8.85. The second-order valence-corrected chi connectivity index (χ2v) is 6.52. The predicted octanol–water partition coefficient (Wildman–Crippen LogP) is 1.44. The summed E-state index contributed by atoms with van der Waals surface area (Å²) in [6.07, 6.45) is -1.02. The van der Waals surface area contributed by atoms with Gasteiger partial charge in [-0.15, -0.1) is 0 Å². The van der Waals surface area contributed by atoms with Gasteiger partial charge < -0.3 is 30.1 Å². The number of rotatable bonds is 6. The van der Waals surface area contributed by atoms with E-state index in [-0.39, 0.29) is 0 Å². The SMILES string of the molecule is CN/C=C\c1c(C=O)cccc1-c1ccc(OC2OC(O)C(O)C2O)c(C)c1. The lowest BCUT2D eigenvalue weighted by Crippen LogP contribution is -2.35. The van der Waals surface area contributed by atoms with Crippen molar-refractivity contribution in [2.45, 2.75) is 31.7 Å². The second-order valence-electron chi connectivity index (χ2n) is 6.52. The van der Waals surface area contributed by atoms with Gasteiger partial charge in [-0.1, -0.05) is 24.3 Å². The third-order valence-electron chi connectivity index (χ3n) is 4.61. The van der Waals surface area contributed by atoms with Crippen molar-refractivity contribution in [3.63, 3.8) is 0 Å². The zero-order valence-electron chi connectivity index (χ0n) is 15.6. The highest BCUT2D eigenvalue weighted by Crippen LogP contribution is 2.32. The fourth-order valence-corrected chi connectivity index (χ4v) is 3.09. The normalized spacial score (nSPS) is 24.5. The summed E-state index contributed by atoms with van der Waals surface area (Å²) in [5, 5.41) is 31.9. The molecule has 1 heterocycles. The monoisotopic (exact) mass is 385 g/mol. The standard InChI is InChI=1S/C21H23NO6/c1-12-10-13(15-5-3-4-14(11-23)16(15)8-9-22-2)6-7-17(12)27-21-19(25)18(24)20(26)28-21/h3-11,18-22,24-26H,1-2H3/b9-8-. The number of hydrogen-bond acceptors (Lipinski definition) is 7. The molecule has 1 aliphatic rings. The van der Waals surface area contributed by atoms with Crippen LogP contribution in [0.25, 0.3) is 17.2 Å². The molecule has 0 bridgehead atoms. The van der Waals surface area contributed by atoms with Gasteiger partial charge in [0.1, 0.15) is 18.0 Å². The van der Waals surface area contributed by atoms with E-state index in [2.05, 4.69) is 5.32 Å². The van der Waals surface area contributed by atoms with Crippen LogP contribution >= 0.6 is 0 Å². The van der Waals surface area contributed by atoms with Crippen LogP contribution in [0.15, 0.2) is 42.6 Å². The number of aliphatic hydroxyl groups is 3. The molecular weight excluding hydrogens is 362 g/mol. The molecule has 28 heavy (non-hydrogen) atoms. The van der Waals surface area contributed by atoms with Crippen molar-refractivity contribution in [1.29, 1.82) is 0 Å². The average molecular weight is 385 g/mol. The number of aryl methyl sites for hydroxylation is 1. The maximum atomic E-state index is 11.4. The van der Waals surface area contributed by atoms with Gasteiger partial charge in [0.25, 0.3) is 0 Å². The highest BCUT2D eigenvalue weighted by molar-refractivity contribution is 5.89. The first-order chi connectivity index (χ1) is 13.5. The van der Waals surface area contributed by atoms with E-state index in [1.54, 1.807) is 25.4 Å². The molecule has 2 aromatic carbocycles. The number of hydrogen-bond donors (Lipinski definition) is 4. The molecule has 0 radical (unpaired) electrons. The molecule has 2 aromatic rings. The van der Waals surface area contributed by atoms with Crippen LogP contribution in [0, 0.1) is 6.92 Å². The summed E-state index contributed by atoms with van der Waals surface area (Å²) in [5.74, 6) is 0.452. The molecule has 7 nitrogen and oxygen atoms in total. The fourth-order valence-electron chi connectivity index (χ4n) is 3.09. The minimum absolute atomic E-state index is 0.452. The quantitative estimate of drug-likeness (QED) is 0.557. The van der Waals surface area contributed by atoms with Crippen molar-refractivity contribution in [3.05, 3.63) is 59.3 Å². The van der Waals surface area contributed by atoms with E-state index < -0.39 is 24.8 Å². The van der Waals surface area contributed by atoms with Crippen LogP contribution in [0.1, 0.15) is 21.5 Å². The summed E-state index contributed by atoms with van der Waals surface area (Å²) >= 11 is 0. The second kappa shape index (κ2) is 8.53. The van der Waals surface area contributed by atoms with E-state index in [4.69, 9.17) is 9.47 Å². The predicted molar refractivity (Wildman–Crippen MR) is 104 cm³/mol. The molecule has 1 fully saturated rings. The molecule has 4 N–H and O–H groups in total. The van der Waals surface area contributed by atoms with Gasteiger partial charge in [-0.3, -0.25) is 4.79 Å². The number of carbonyl (C=O) groups is 1. The lowest BCUT2D eigenvalue weighted by atomic mass is 9.94. The summed E-state index contributed by atoms with van der Waals surface area (Å²) in [7, 11) is 1.78. The molecule has 4 unspecified atom stereocenters. The van der Waals surface area contributed by atoms with Crippen LogP contribution in [-0.4, -0.2) is 53.4 Å². The number of nitrogens with one attached hydrogen (secondary N) is 1. The average Bonchev–Trinajstić information content (AvgIpc) is 2.94. The third kappa shape index (κ3) is 3.93. The highest BCUT2D eigenvalue weighted by atomic mass is 16.8. The highest BCUT2D eigenvalue weighted by Gasteiger charge is 2.43. The van der Waals surface area contributed by atoms with Crippen LogP contribution in [0.2, 0.25) is 0 Å². The van der Waals surface area contributed by atoms with E-state index in [0.29, 0.717) is 11.3 Å². The number of carbonyl (C=O) groups excluding carboxylic acids is 1. The van der Waals surface area contributed by atoms with Gasteiger partial charge in [-0.2, -0.15) is 0 Å². The molecule has 1 aliphatic heterocycles. The van der Waals surface area contributed by atoms with Crippen LogP contribution in [0.3, 0.4) is 0 Å². The first kappa shape index (κ1) is 20.0. The Labute approximate surface area is 162 Å². The summed E-state index contributed by atoms with van der Waals surface area (Å²) in [6, 6.07) is 10.9. The van der Waals surface area contributed by atoms with Crippen molar-refractivity contribution in [3.8, 4) is 16.9 Å². The number of aliphatic hydroxyl groups excluding tert-OH is 3. The fraction of sp³-hybridized carbons (Fsp3) is 0.286. The van der Waals surface area contributed by atoms with Crippen molar-refractivity contribution < 1.29 is 29.6 Å². The Morgan fingerprint density at radius 3 is 2.54 bits per heavy atom. The Hall–Kier alpha value is -2.71. The Morgan fingerprint density at radius 2 is 1.93 bits per heavy atom. The number of ether oxygens (including phenoxy) is 2. The molecule has 148 valence electrons. The first-order valence-corrected chi connectivity index (χ1v) is 8.85. The minimum atomic E-state index is -1.49. The van der Waals surface area contributed by atoms with E-state index >= 15 is 0 Å². The number of aldehydes is 1. The molecule has 3 rings (SSSR count). The van der Waals surface area contributed by atoms with E-state index in [0.717, 1.165) is 28.5 Å². The lowest BCUT2D eigenvalue weighted by Gasteiger charge is -2.19. The summed E-state index contributed by atoms with van der Waals surface area (Å²) in [4.78, 5) is 11.4. The van der Waals surface area contributed by atoms with E-state index in [9.17, 15) is 20.1 Å². The van der Waals surface area contributed by atoms with E-state index in [1.165, 1.54) is 0 Å². The minimum Gasteiger partial charge on any atom is -0.462 e. The molecule has 0 spiro atoms. The van der Waals surface area contributed by atoms with E-state index in [1.807, 2.05) is 37.3 Å². The van der Waals surface area contributed by atoms with Gasteiger partial charge in [-0.05, 0) is 53.6 Å². The van der Waals surface area contributed by atoms with Gasteiger partial charge in [0.15, 0.2) is 12.6 Å². The van der Waals surface area contributed by atoms with Gasteiger partial charge >= 0.3 is 0 Å². The van der Waals surface area contributed by atoms with Gasteiger partial charge in [-0.25, -0.2) is 0 Å². The molecular formula is C21H23NO6. The summed E-state index contributed by atoms with van der Waals surface area (Å²) in [5.41, 5.74) is 3.91. The van der Waals surface area contributed by atoms with Crippen LogP contribution < -0.4 is 10.1 Å². The maximum absolute atomic E-state index is 11.4. The maximum Gasteiger partial charge on any atom is 0.231 e. The Balaban J connectivity index is 1.91. The van der Waals surface area contributed by atoms with Crippen molar-refractivity contribution in [1.82, 2.24) is 5.32 Å². The Morgan fingerprint density at radius 1 is 1.14 bits per heavy atom. The van der Waals surface area contributed by atoms with Crippen molar-refractivity contribution in [2.24, 2.45) is 0 Å². The van der Waals surface area contributed by atoms with Gasteiger partial charge in [0.2, 0.25) is 6.29 Å². The topological polar surface area (TPSA) is 108 Å². The summed E-state index contributed by atoms with van der Waals surface area (Å²) < 4.78 is 10.6. The van der Waals surface area contributed by atoms with Gasteiger partial charge in [0, 0.05) is 12.6 Å². The zero-order chi connectivity index (χ0) is 20.3. The smallest absolute Gasteiger partial charge is 0.231 e. The summed E-state index contributed by atoms with van der Waals surface area (Å²) in [6.45, 7) is 1.83. The molecule has 7 heteroatoms. The molecule has 1 saturated heterocycles. The van der Waals surface area contributed by atoms with Crippen LogP contribution in [0.5, 0.6) is 5.75 Å². The molecule has 0 aromatic heterocycles. The van der Waals surface area contributed by atoms with Gasteiger partial charge in [0.05, 0.1) is 0 Å². The van der Waals surface area contributed by atoms with Crippen molar-refractivity contribution >= 4 is 12.4 Å². The van der Waals surface area contributed by atoms with Crippen LogP contribution in [-0.2, 0) is 4.74 Å². The number of benzene rings is 2. The van der Waals surface area contributed by atoms with Crippen molar-refractivity contribution in [2.75, 3.05) is 7.05 Å². The lowest BCUT2D eigenvalue weighted by molar-refractivity contribution is -0.171. The Bertz CT molecular complexity index is 881. The third-order valence-corrected chi connectivity index (χ3v) is 4.61. The molecule has 0 amide bonds.